The standard InChI is InChI=1S/C13H11N3OS/c1-16-11-6-2-3-7-12(11)18-13(16)15-14-9-10-5-4-8-17-10/h2-9H,1H3/b14-9-,15-13+. The van der Waals surface area contributed by atoms with Crippen LogP contribution < -0.4 is 4.80 Å². The minimum Gasteiger partial charge on any atom is -0.463 e. The second-order valence-electron chi connectivity index (χ2n) is 3.77. The van der Waals surface area contributed by atoms with Crippen molar-refractivity contribution in [1.82, 2.24) is 4.57 Å². The van der Waals surface area contributed by atoms with E-state index in [-0.39, 0.29) is 0 Å². The van der Waals surface area contributed by atoms with Crippen LogP contribution in [0.25, 0.3) is 10.2 Å². The van der Waals surface area contributed by atoms with Crippen LogP contribution in [0.3, 0.4) is 0 Å². The Morgan fingerprint density at radius 3 is 2.89 bits per heavy atom. The van der Waals surface area contributed by atoms with Crippen LogP contribution in [0.1, 0.15) is 5.76 Å². The molecule has 0 aliphatic heterocycles. The van der Waals surface area contributed by atoms with Gasteiger partial charge in [0.25, 0.3) is 0 Å². The molecule has 0 spiro atoms. The average molecular weight is 257 g/mol. The molecule has 0 N–H and O–H groups in total. The van der Waals surface area contributed by atoms with Gasteiger partial charge in [0.2, 0.25) is 4.80 Å². The van der Waals surface area contributed by atoms with Crippen LogP contribution in [0.15, 0.2) is 57.3 Å². The van der Waals surface area contributed by atoms with Crippen molar-refractivity contribution in [2.24, 2.45) is 17.3 Å². The lowest BCUT2D eigenvalue weighted by Gasteiger charge is -1.92. The van der Waals surface area contributed by atoms with Crippen molar-refractivity contribution in [1.29, 1.82) is 0 Å². The first-order valence-electron chi connectivity index (χ1n) is 5.50. The Balaban J connectivity index is 2.01. The summed E-state index contributed by atoms with van der Waals surface area (Å²) in [4.78, 5) is 0.860. The molecule has 0 aliphatic rings. The van der Waals surface area contributed by atoms with E-state index >= 15 is 0 Å². The van der Waals surface area contributed by atoms with Gasteiger partial charge in [-0.25, -0.2) is 0 Å². The van der Waals surface area contributed by atoms with Crippen molar-refractivity contribution in [3.05, 3.63) is 53.2 Å². The van der Waals surface area contributed by atoms with Crippen molar-refractivity contribution in [2.75, 3.05) is 0 Å². The van der Waals surface area contributed by atoms with Crippen LogP contribution in [0.2, 0.25) is 0 Å². The zero-order valence-corrected chi connectivity index (χ0v) is 10.6. The van der Waals surface area contributed by atoms with Crippen molar-refractivity contribution in [2.45, 2.75) is 0 Å². The first-order valence-corrected chi connectivity index (χ1v) is 6.31. The highest BCUT2D eigenvalue weighted by atomic mass is 32.1. The molecule has 0 radical (unpaired) electrons. The van der Waals surface area contributed by atoms with E-state index < -0.39 is 0 Å². The summed E-state index contributed by atoms with van der Waals surface area (Å²) < 4.78 is 8.38. The summed E-state index contributed by atoms with van der Waals surface area (Å²) in [6.45, 7) is 0. The third kappa shape index (κ3) is 2.00. The predicted molar refractivity (Wildman–Crippen MR) is 72.7 cm³/mol. The minimum absolute atomic E-state index is 0.697. The number of nitrogens with zero attached hydrogens (tertiary/aromatic N) is 3. The van der Waals surface area contributed by atoms with E-state index in [4.69, 9.17) is 4.42 Å². The fraction of sp³-hybridized carbons (Fsp3) is 0.0769. The van der Waals surface area contributed by atoms with E-state index in [2.05, 4.69) is 22.3 Å². The van der Waals surface area contributed by atoms with E-state index in [0.717, 1.165) is 10.3 Å². The number of hydrogen-bond donors (Lipinski definition) is 0. The fourth-order valence-corrected chi connectivity index (χ4v) is 2.65. The SMILES string of the molecule is Cn1/c(=N\N=C/c2ccco2)sc2ccccc21. The lowest BCUT2D eigenvalue weighted by molar-refractivity contribution is 0.560. The number of para-hydroxylation sites is 1. The summed E-state index contributed by atoms with van der Waals surface area (Å²) in [7, 11) is 1.99. The van der Waals surface area contributed by atoms with Crippen molar-refractivity contribution >= 4 is 27.8 Å². The highest BCUT2D eigenvalue weighted by Gasteiger charge is 2.00. The van der Waals surface area contributed by atoms with Gasteiger partial charge in [0, 0.05) is 7.05 Å². The molecule has 0 bridgehead atoms. The van der Waals surface area contributed by atoms with Crippen molar-refractivity contribution < 1.29 is 4.42 Å². The van der Waals surface area contributed by atoms with Crippen LogP contribution in [-0.4, -0.2) is 10.8 Å². The Morgan fingerprint density at radius 1 is 1.22 bits per heavy atom. The van der Waals surface area contributed by atoms with E-state index in [1.807, 2.05) is 35.9 Å². The highest BCUT2D eigenvalue weighted by molar-refractivity contribution is 7.16. The number of furan rings is 1. The van der Waals surface area contributed by atoms with Crippen LogP contribution in [-0.2, 0) is 7.05 Å². The van der Waals surface area contributed by atoms with Crippen LogP contribution in [0.5, 0.6) is 0 Å². The topological polar surface area (TPSA) is 42.8 Å². The minimum atomic E-state index is 0.697. The average Bonchev–Trinajstić information content (AvgIpc) is 3.00. The maximum absolute atomic E-state index is 5.15. The third-order valence-electron chi connectivity index (χ3n) is 2.59. The second-order valence-corrected chi connectivity index (χ2v) is 4.78. The summed E-state index contributed by atoms with van der Waals surface area (Å²) in [5.41, 5.74) is 1.16. The summed E-state index contributed by atoms with van der Waals surface area (Å²) >= 11 is 1.61. The van der Waals surface area contributed by atoms with Gasteiger partial charge in [-0.15, -0.1) is 5.10 Å². The summed E-state index contributed by atoms with van der Waals surface area (Å²) in [5.74, 6) is 0.697. The molecule has 1 aromatic carbocycles. The lowest BCUT2D eigenvalue weighted by atomic mass is 10.3. The molecular formula is C13H11N3OS. The number of hydrogen-bond acceptors (Lipinski definition) is 4. The Morgan fingerprint density at radius 2 is 2.11 bits per heavy atom. The monoisotopic (exact) mass is 257 g/mol. The fourth-order valence-electron chi connectivity index (χ4n) is 1.68. The largest absolute Gasteiger partial charge is 0.463 e. The highest BCUT2D eigenvalue weighted by Crippen LogP contribution is 2.14. The van der Waals surface area contributed by atoms with Gasteiger partial charge in [-0.05, 0) is 24.3 Å². The lowest BCUT2D eigenvalue weighted by Crippen LogP contribution is -2.08. The Bertz CT molecular complexity index is 750. The van der Waals surface area contributed by atoms with Crippen LogP contribution >= 0.6 is 11.3 Å². The number of benzene rings is 1. The smallest absolute Gasteiger partial charge is 0.211 e. The van der Waals surface area contributed by atoms with Crippen LogP contribution in [0, 0.1) is 0 Å². The summed E-state index contributed by atoms with van der Waals surface area (Å²) in [6, 6.07) is 11.8. The maximum Gasteiger partial charge on any atom is 0.211 e. The molecule has 0 saturated heterocycles. The van der Waals surface area contributed by atoms with Gasteiger partial charge < -0.3 is 8.98 Å². The van der Waals surface area contributed by atoms with Gasteiger partial charge in [-0.2, -0.15) is 5.10 Å². The normalized spacial score (nSPS) is 12.8. The molecule has 2 heterocycles. The number of fused-ring (bicyclic) bond motifs is 1. The molecule has 0 unspecified atom stereocenters. The van der Waals surface area contributed by atoms with Gasteiger partial charge in [0.05, 0.1) is 22.7 Å². The maximum atomic E-state index is 5.15. The molecule has 3 aromatic rings. The molecule has 0 amide bonds. The van der Waals surface area contributed by atoms with Gasteiger partial charge in [-0.3, -0.25) is 0 Å². The van der Waals surface area contributed by atoms with Gasteiger partial charge in [0.15, 0.2) is 0 Å². The zero-order valence-electron chi connectivity index (χ0n) is 9.78. The first kappa shape index (κ1) is 11.0. The van der Waals surface area contributed by atoms with Crippen LogP contribution in [0.4, 0.5) is 0 Å². The Kier molecular flexibility index (Phi) is 2.82. The van der Waals surface area contributed by atoms with Crippen molar-refractivity contribution in [3.63, 3.8) is 0 Å². The van der Waals surface area contributed by atoms with E-state index in [1.165, 1.54) is 4.70 Å². The Hall–Kier alpha value is -2.14. The number of rotatable bonds is 2. The first-order chi connectivity index (χ1) is 8.84. The number of aromatic nitrogens is 1. The number of thiazole rings is 1. The van der Waals surface area contributed by atoms with Gasteiger partial charge in [0.1, 0.15) is 5.76 Å². The van der Waals surface area contributed by atoms with E-state index in [9.17, 15) is 0 Å². The quantitative estimate of drug-likeness (QED) is 0.514. The molecule has 2 aromatic heterocycles. The van der Waals surface area contributed by atoms with Gasteiger partial charge in [-0.1, -0.05) is 23.5 Å². The third-order valence-corrected chi connectivity index (χ3v) is 3.69. The molecule has 0 atom stereocenters. The van der Waals surface area contributed by atoms with Gasteiger partial charge >= 0.3 is 0 Å². The molecule has 0 aliphatic carbocycles. The molecule has 3 rings (SSSR count). The molecule has 4 nitrogen and oxygen atoms in total. The zero-order chi connectivity index (χ0) is 12.4. The molecule has 5 heteroatoms. The molecule has 18 heavy (non-hydrogen) atoms. The molecule has 0 saturated carbocycles. The molecule has 0 fully saturated rings. The number of aryl methyl sites for hydroxylation is 1. The predicted octanol–water partition coefficient (Wildman–Crippen LogP) is 2.77. The van der Waals surface area contributed by atoms with Crippen molar-refractivity contribution in [3.8, 4) is 0 Å². The Labute approximate surface area is 108 Å². The summed E-state index contributed by atoms with van der Waals surface area (Å²) in [5, 5.41) is 8.24. The summed E-state index contributed by atoms with van der Waals surface area (Å²) in [6.07, 6.45) is 3.21. The molecular weight excluding hydrogens is 246 g/mol. The van der Waals surface area contributed by atoms with E-state index in [0.29, 0.717) is 5.76 Å². The second kappa shape index (κ2) is 4.62. The molecule has 90 valence electrons. The van der Waals surface area contributed by atoms with E-state index in [1.54, 1.807) is 23.8 Å².